The predicted octanol–water partition coefficient (Wildman–Crippen LogP) is 3.24. The minimum Gasteiger partial charge on any atom is -0.303 e. The highest BCUT2D eigenvalue weighted by Gasteiger charge is 2.29. The van der Waals surface area contributed by atoms with Crippen molar-refractivity contribution in [3.63, 3.8) is 0 Å². The zero-order chi connectivity index (χ0) is 18.7. The second-order valence-corrected chi connectivity index (χ2v) is 9.85. The maximum Gasteiger partial charge on any atom is 0.218 e. The van der Waals surface area contributed by atoms with E-state index in [4.69, 9.17) is 0 Å². The van der Waals surface area contributed by atoms with Gasteiger partial charge in [-0.2, -0.15) is 0 Å². The molecule has 0 aromatic heterocycles. The molecule has 0 aliphatic carbocycles. The van der Waals surface area contributed by atoms with Crippen LogP contribution in [0.3, 0.4) is 0 Å². The summed E-state index contributed by atoms with van der Waals surface area (Å²) in [4.78, 5) is 2.51. The Bertz CT molecular complexity index is 698. The molecule has 2 aliphatic heterocycles. The molecule has 26 heavy (non-hydrogen) atoms. The normalized spacial score (nSPS) is 24.0. The molecule has 0 N–H and O–H groups in total. The lowest BCUT2D eigenvalue weighted by Gasteiger charge is -2.37. The number of sulfonamides is 1. The first-order valence-electron chi connectivity index (χ1n) is 9.47. The number of piperidine rings is 2. The molecular formula is C19H28F2N2O2S. The van der Waals surface area contributed by atoms with Gasteiger partial charge in [0.1, 0.15) is 11.6 Å². The summed E-state index contributed by atoms with van der Waals surface area (Å²) in [5.41, 5.74) is 0.159. The van der Waals surface area contributed by atoms with Gasteiger partial charge in [-0.05, 0) is 61.8 Å². The van der Waals surface area contributed by atoms with E-state index in [1.807, 2.05) is 0 Å². The van der Waals surface area contributed by atoms with Crippen molar-refractivity contribution >= 4 is 10.0 Å². The van der Waals surface area contributed by atoms with Crippen molar-refractivity contribution in [1.82, 2.24) is 9.21 Å². The van der Waals surface area contributed by atoms with Crippen LogP contribution in [-0.4, -0.2) is 50.3 Å². The first-order valence-corrected chi connectivity index (χ1v) is 11.1. The van der Waals surface area contributed by atoms with Crippen LogP contribution in [0.15, 0.2) is 18.2 Å². The van der Waals surface area contributed by atoms with Crippen molar-refractivity contribution in [2.75, 3.05) is 32.7 Å². The Kier molecular flexibility index (Phi) is 6.30. The number of benzene rings is 1. The predicted molar refractivity (Wildman–Crippen MR) is 98.1 cm³/mol. The largest absolute Gasteiger partial charge is 0.303 e. The molecule has 1 aromatic carbocycles. The summed E-state index contributed by atoms with van der Waals surface area (Å²) < 4.78 is 53.2. The van der Waals surface area contributed by atoms with Gasteiger partial charge in [0.2, 0.25) is 10.0 Å². The molecule has 146 valence electrons. The molecule has 0 spiro atoms. The van der Waals surface area contributed by atoms with E-state index in [9.17, 15) is 17.2 Å². The van der Waals surface area contributed by atoms with Crippen molar-refractivity contribution in [1.29, 1.82) is 0 Å². The number of hydrogen-bond acceptors (Lipinski definition) is 3. The minimum absolute atomic E-state index is 0.159. The molecule has 2 aliphatic rings. The van der Waals surface area contributed by atoms with E-state index in [2.05, 4.69) is 11.8 Å². The molecule has 2 fully saturated rings. The van der Waals surface area contributed by atoms with Crippen molar-refractivity contribution in [3.8, 4) is 0 Å². The van der Waals surface area contributed by atoms with Gasteiger partial charge >= 0.3 is 0 Å². The Labute approximate surface area is 155 Å². The highest BCUT2D eigenvalue weighted by molar-refractivity contribution is 7.88. The molecule has 4 nitrogen and oxygen atoms in total. The highest BCUT2D eigenvalue weighted by atomic mass is 32.2. The highest BCUT2D eigenvalue weighted by Crippen LogP contribution is 2.25. The molecule has 0 radical (unpaired) electrons. The van der Waals surface area contributed by atoms with E-state index in [1.54, 1.807) is 0 Å². The number of hydrogen-bond donors (Lipinski definition) is 0. The van der Waals surface area contributed by atoms with Crippen LogP contribution in [0.4, 0.5) is 8.78 Å². The Hall–Kier alpha value is -1.05. The monoisotopic (exact) mass is 386 g/mol. The molecule has 0 amide bonds. The van der Waals surface area contributed by atoms with Crippen molar-refractivity contribution in [3.05, 3.63) is 35.4 Å². The van der Waals surface area contributed by atoms with Crippen LogP contribution in [0, 0.1) is 23.5 Å². The Morgan fingerprint density at radius 3 is 2.31 bits per heavy atom. The van der Waals surface area contributed by atoms with E-state index < -0.39 is 21.7 Å². The molecule has 0 bridgehead atoms. The number of nitrogens with zero attached hydrogens (tertiary/aromatic N) is 2. The quantitative estimate of drug-likeness (QED) is 0.780. The molecule has 0 saturated carbocycles. The minimum atomic E-state index is -3.55. The lowest BCUT2D eigenvalue weighted by atomic mass is 9.94. The summed E-state index contributed by atoms with van der Waals surface area (Å²) in [6.45, 7) is 6.62. The third-order valence-electron chi connectivity index (χ3n) is 5.50. The number of halogens is 2. The van der Waals surface area contributed by atoms with E-state index >= 15 is 0 Å². The Balaban J connectivity index is 1.53. The molecule has 2 heterocycles. The lowest BCUT2D eigenvalue weighted by molar-refractivity contribution is 0.136. The van der Waals surface area contributed by atoms with E-state index in [1.165, 1.54) is 17.1 Å². The van der Waals surface area contributed by atoms with Crippen LogP contribution >= 0.6 is 0 Å². The fourth-order valence-corrected chi connectivity index (χ4v) is 5.72. The van der Waals surface area contributed by atoms with Crippen LogP contribution < -0.4 is 0 Å². The average molecular weight is 387 g/mol. The van der Waals surface area contributed by atoms with Crippen LogP contribution in [0.5, 0.6) is 0 Å². The van der Waals surface area contributed by atoms with E-state index in [0.717, 1.165) is 56.6 Å². The standard InChI is InChI=1S/C19H28F2N2O2S/c1-15-3-2-6-22(12-15)13-16-4-7-23(8-5-16)26(24,25)14-17-9-18(20)11-19(21)10-17/h9-11,15-16H,2-8,12-14H2,1H3. The van der Waals surface area contributed by atoms with Gasteiger partial charge in [0.25, 0.3) is 0 Å². The van der Waals surface area contributed by atoms with Crippen molar-refractivity contribution < 1.29 is 17.2 Å². The number of rotatable bonds is 5. The zero-order valence-electron chi connectivity index (χ0n) is 15.3. The molecule has 1 unspecified atom stereocenters. The summed E-state index contributed by atoms with van der Waals surface area (Å²) in [6, 6.07) is 2.93. The molecule has 1 aromatic rings. The summed E-state index contributed by atoms with van der Waals surface area (Å²) in [6.07, 6.45) is 4.25. The molecule has 7 heteroatoms. The molecule has 3 rings (SSSR count). The maximum atomic E-state index is 13.3. The second-order valence-electron chi connectivity index (χ2n) is 7.88. The third kappa shape index (κ3) is 5.24. The van der Waals surface area contributed by atoms with Gasteiger partial charge in [-0.1, -0.05) is 6.92 Å². The third-order valence-corrected chi connectivity index (χ3v) is 7.35. The van der Waals surface area contributed by atoms with Crippen molar-refractivity contribution in [2.24, 2.45) is 11.8 Å². The fraction of sp³-hybridized carbons (Fsp3) is 0.684. The van der Waals surface area contributed by atoms with Gasteiger partial charge in [-0.3, -0.25) is 0 Å². The summed E-state index contributed by atoms with van der Waals surface area (Å²) in [5.74, 6) is -0.570. The fourth-order valence-electron chi connectivity index (χ4n) is 4.18. The van der Waals surface area contributed by atoms with E-state index in [-0.39, 0.29) is 11.3 Å². The second kappa shape index (κ2) is 8.31. The lowest BCUT2D eigenvalue weighted by Crippen LogP contribution is -2.43. The van der Waals surface area contributed by atoms with Gasteiger partial charge < -0.3 is 4.90 Å². The Morgan fingerprint density at radius 2 is 1.69 bits per heavy atom. The van der Waals surface area contributed by atoms with Crippen LogP contribution in [0.1, 0.15) is 38.2 Å². The van der Waals surface area contributed by atoms with Crippen LogP contribution in [0.2, 0.25) is 0 Å². The van der Waals surface area contributed by atoms with Gasteiger partial charge in [0, 0.05) is 32.2 Å². The average Bonchev–Trinajstić information content (AvgIpc) is 2.54. The van der Waals surface area contributed by atoms with Crippen LogP contribution in [-0.2, 0) is 15.8 Å². The van der Waals surface area contributed by atoms with Gasteiger partial charge in [-0.25, -0.2) is 21.5 Å². The first-order chi connectivity index (χ1) is 12.3. The van der Waals surface area contributed by atoms with Crippen molar-refractivity contribution in [2.45, 2.75) is 38.4 Å². The SMILES string of the molecule is CC1CCCN(CC2CCN(S(=O)(=O)Cc3cc(F)cc(F)c3)CC2)C1. The topological polar surface area (TPSA) is 40.6 Å². The number of likely N-dealkylation sites (tertiary alicyclic amines) is 1. The maximum absolute atomic E-state index is 13.3. The van der Waals surface area contributed by atoms with Gasteiger partial charge in [0.05, 0.1) is 5.75 Å². The molecule has 2 saturated heterocycles. The zero-order valence-corrected chi connectivity index (χ0v) is 16.1. The smallest absolute Gasteiger partial charge is 0.218 e. The van der Waals surface area contributed by atoms with Gasteiger partial charge in [0.15, 0.2) is 0 Å². The summed E-state index contributed by atoms with van der Waals surface area (Å²) >= 11 is 0. The molecular weight excluding hydrogens is 358 g/mol. The van der Waals surface area contributed by atoms with Gasteiger partial charge in [-0.15, -0.1) is 0 Å². The summed E-state index contributed by atoms with van der Waals surface area (Å²) in [7, 11) is -3.55. The first kappa shape index (κ1) is 19.7. The van der Waals surface area contributed by atoms with Crippen LogP contribution in [0.25, 0.3) is 0 Å². The Morgan fingerprint density at radius 1 is 1.04 bits per heavy atom. The summed E-state index contributed by atoms with van der Waals surface area (Å²) in [5, 5.41) is 0. The van der Waals surface area contributed by atoms with E-state index in [0.29, 0.717) is 19.0 Å². The molecule has 1 atom stereocenters.